The van der Waals surface area contributed by atoms with Crippen LogP contribution in [0.5, 0.6) is 0 Å². The average Bonchev–Trinajstić information content (AvgIpc) is 3.39. The van der Waals surface area contributed by atoms with Gasteiger partial charge in [-0.1, -0.05) is 59.8 Å². The first kappa shape index (κ1) is 24.8. The van der Waals surface area contributed by atoms with Crippen LogP contribution in [0, 0.1) is 6.92 Å². The predicted octanol–water partition coefficient (Wildman–Crippen LogP) is 5.72. The van der Waals surface area contributed by atoms with Gasteiger partial charge in [-0.15, -0.1) is 5.10 Å². The van der Waals surface area contributed by atoms with Gasteiger partial charge in [-0.05, 0) is 77.1 Å². The molecular weight excluding hydrogens is 488 g/mol. The molecule has 7 nitrogen and oxygen atoms in total. The third-order valence-corrected chi connectivity index (χ3v) is 7.96. The summed E-state index contributed by atoms with van der Waals surface area (Å²) in [7, 11) is 0. The molecule has 1 aromatic heterocycles. The maximum Gasteiger partial charge on any atom is 0.304 e. The molecule has 1 aliphatic rings. The summed E-state index contributed by atoms with van der Waals surface area (Å²) in [5.74, 6) is -1.18. The Morgan fingerprint density at radius 2 is 1.79 bits per heavy atom. The second-order valence-corrected chi connectivity index (χ2v) is 10.3. The van der Waals surface area contributed by atoms with Gasteiger partial charge in [0.2, 0.25) is 0 Å². The van der Waals surface area contributed by atoms with Crippen LogP contribution in [0.3, 0.4) is 0 Å². The van der Waals surface area contributed by atoms with Crippen molar-refractivity contribution in [3.05, 3.63) is 106 Å². The van der Waals surface area contributed by atoms with Crippen molar-refractivity contribution in [1.29, 1.82) is 0 Å². The Balaban J connectivity index is 1.33. The summed E-state index contributed by atoms with van der Waals surface area (Å²) >= 11 is 0. The molecule has 196 valence electrons. The lowest BCUT2D eigenvalue weighted by atomic mass is 9.83. The van der Waals surface area contributed by atoms with Crippen LogP contribution in [-0.2, 0) is 24.3 Å². The molecule has 0 fully saturated rings. The lowest BCUT2D eigenvalue weighted by molar-refractivity contribution is -0.137. The highest BCUT2D eigenvalue weighted by atomic mass is 16.4. The number of rotatable bonds is 6. The first-order valence-corrected chi connectivity index (χ1v) is 13.4. The Hall–Kier alpha value is -4.52. The summed E-state index contributed by atoms with van der Waals surface area (Å²) < 4.78 is 1.85. The fourth-order valence-corrected chi connectivity index (χ4v) is 5.85. The molecule has 0 saturated carbocycles. The molecule has 2 heterocycles. The van der Waals surface area contributed by atoms with Crippen molar-refractivity contribution in [3.63, 3.8) is 0 Å². The monoisotopic (exact) mass is 518 g/mol. The average molecular weight is 519 g/mol. The number of aliphatic carboxylic acids is 1. The van der Waals surface area contributed by atoms with Crippen LogP contribution in [0.25, 0.3) is 21.8 Å². The van der Waals surface area contributed by atoms with Crippen molar-refractivity contribution in [2.45, 2.75) is 45.7 Å². The molecule has 7 heteroatoms. The Morgan fingerprint density at radius 3 is 2.59 bits per heavy atom. The number of hydrogen-bond donors (Lipinski definition) is 1. The lowest BCUT2D eigenvalue weighted by Gasteiger charge is -2.30. The summed E-state index contributed by atoms with van der Waals surface area (Å²) in [4.78, 5) is 27.3. The molecule has 4 aromatic carbocycles. The number of carbonyl (C=O) groups is 2. The first-order chi connectivity index (χ1) is 18.9. The molecule has 1 N–H and O–H groups in total. The molecule has 0 unspecified atom stereocenters. The van der Waals surface area contributed by atoms with Crippen molar-refractivity contribution in [1.82, 2.24) is 19.9 Å². The van der Waals surface area contributed by atoms with E-state index in [2.05, 4.69) is 22.4 Å². The molecule has 6 rings (SSSR count). The van der Waals surface area contributed by atoms with Crippen LogP contribution >= 0.6 is 0 Å². The Bertz CT molecular complexity index is 1740. The minimum atomic E-state index is -0.859. The van der Waals surface area contributed by atoms with Crippen molar-refractivity contribution >= 4 is 33.7 Å². The van der Waals surface area contributed by atoms with Crippen molar-refractivity contribution in [3.8, 4) is 0 Å². The van der Waals surface area contributed by atoms with E-state index in [0.717, 1.165) is 50.5 Å². The number of aromatic nitrogens is 3. The highest BCUT2D eigenvalue weighted by Gasteiger charge is 2.26. The highest BCUT2D eigenvalue weighted by Crippen LogP contribution is 2.35. The number of carbonyl (C=O) groups excluding carboxylic acids is 1. The first-order valence-electron chi connectivity index (χ1n) is 13.4. The van der Waals surface area contributed by atoms with Crippen LogP contribution in [0.1, 0.15) is 57.4 Å². The van der Waals surface area contributed by atoms with Gasteiger partial charge in [0.15, 0.2) is 0 Å². The van der Waals surface area contributed by atoms with Gasteiger partial charge in [0.25, 0.3) is 5.91 Å². The zero-order valence-electron chi connectivity index (χ0n) is 22.1. The maximum absolute atomic E-state index is 13.5. The number of amides is 1. The van der Waals surface area contributed by atoms with Gasteiger partial charge in [-0.2, -0.15) is 0 Å². The van der Waals surface area contributed by atoms with Crippen LogP contribution in [-0.4, -0.2) is 43.4 Å². The quantitative estimate of drug-likeness (QED) is 0.311. The van der Waals surface area contributed by atoms with E-state index < -0.39 is 5.97 Å². The van der Waals surface area contributed by atoms with Crippen LogP contribution in [0.15, 0.2) is 72.8 Å². The standard InChI is InChI=1S/C32H30N4O3/c1-3-36-29-13-12-27(20(2)31(29)33-34-36)28(18-30(37)38)24-10-8-22-14-15-35(19-26(22)17-24)32(39)25-11-9-21-6-4-5-7-23(21)16-25/h4-13,16-17,28H,3,14-15,18-19H2,1-2H3,(H,37,38)/t28-/m1/s1. The van der Waals surface area contributed by atoms with Crippen LogP contribution in [0.2, 0.25) is 0 Å². The van der Waals surface area contributed by atoms with Gasteiger partial charge in [0.1, 0.15) is 5.52 Å². The number of benzene rings is 4. The minimum Gasteiger partial charge on any atom is -0.481 e. The van der Waals surface area contributed by atoms with E-state index >= 15 is 0 Å². The van der Waals surface area contributed by atoms with E-state index in [4.69, 9.17) is 0 Å². The zero-order valence-corrected chi connectivity index (χ0v) is 22.1. The van der Waals surface area contributed by atoms with E-state index in [9.17, 15) is 14.7 Å². The lowest BCUT2D eigenvalue weighted by Crippen LogP contribution is -2.36. The predicted molar refractivity (Wildman–Crippen MR) is 151 cm³/mol. The maximum atomic E-state index is 13.5. The third-order valence-electron chi connectivity index (χ3n) is 7.96. The molecule has 0 radical (unpaired) electrons. The van der Waals surface area contributed by atoms with E-state index in [1.54, 1.807) is 0 Å². The number of carboxylic acid groups (broad SMARTS) is 1. The summed E-state index contributed by atoms with van der Waals surface area (Å²) in [5, 5.41) is 20.6. The van der Waals surface area contributed by atoms with E-state index in [-0.39, 0.29) is 18.2 Å². The molecule has 0 bridgehead atoms. The highest BCUT2D eigenvalue weighted by molar-refractivity contribution is 5.98. The van der Waals surface area contributed by atoms with Gasteiger partial charge >= 0.3 is 5.97 Å². The molecule has 0 spiro atoms. The van der Waals surface area contributed by atoms with Gasteiger partial charge < -0.3 is 10.0 Å². The molecule has 1 aliphatic heterocycles. The molecule has 1 atom stereocenters. The van der Waals surface area contributed by atoms with E-state index in [1.165, 1.54) is 5.56 Å². The van der Waals surface area contributed by atoms with Gasteiger partial charge in [0.05, 0.1) is 11.9 Å². The van der Waals surface area contributed by atoms with Crippen molar-refractivity contribution < 1.29 is 14.7 Å². The van der Waals surface area contributed by atoms with Crippen molar-refractivity contribution in [2.75, 3.05) is 6.54 Å². The molecule has 1 amide bonds. The SMILES string of the molecule is CCn1nnc2c(C)c([C@H](CC(=O)O)c3ccc4c(c3)CN(C(=O)c3ccc5ccccc5c3)CC4)ccc21. The van der Waals surface area contributed by atoms with E-state index in [0.29, 0.717) is 25.2 Å². The summed E-state index contributed by atoms with van der Waals surface area (Å²) in [6.45, 7) is 5.87. The molecule has 5 aromatic rings. The summed E-state index contributed by atoms with van der Waals surface area (Å²) in [6, 6.07) is 24.1. The Labute approximate surface area is 226 Å². The smallest absolute Gasteiger partial charge is 0.304 e. The third kappa shape index (κ3) is 4.54. The number of aryl methyl sites for hydroxylation is 2. The number of carboxylic acids is 1. The topological polar surface area (TPSA) is 88.3 Å². The fraction of sp³-hybridized carbons (Fsp3) is 0.250. The Morgan fingerprint density at radius 1 is 0.974 bits per heavy atom. The largest absolute Gasteiger partial charge is 0.481 e. The minimum absolute atomic E-state index is 0.0131. The molecule has 0 aliphatic carbocycles. The number of fused-ring (bicyclic) bond motifs is 3. The van der Waals surface area contributed by atoms with Gasteiger partial charge in [-0.25, -0.2) is 4.68 Å². The van der Waals surface area contributed by atoms with E-state index in [1.807, 2.05) is 84.1 Å². The second kappa shape index (κ2) is 9.98. The normalized spacial score (nSPS) is 13.9. The molecule has 39 heavy (non-hydrogen) atoms. The zero-order chi connectivity index (χ0) is 27.1. The van der Waals surface area contributed by atoms with Gasteiger partial charge in [0, 0.05) is 31.1 Å². The number of nitrogens with zero attached hydrogens (tertiary/aromatic N) is 4. The van der Waals surface area contributed by atoms with Crippen molar-refractivity contribution in [2.24, 2.45) is 0 Å². The van der Waals surface area contributed by atoms with Crippen LogP contribution < -0.4 is 0 Å². The summed E-state index contributed by atoms with van der Waals surface area (Å²) in [5.41, 5.74) is 7.52. The Kier molecular flexibility index (Phi) is 6.35. The molecular formula is C32H30N4O3. The number of hydrogen-bond acceptors (Lipinski definition) is 4. The molecule has 0 saturated heterocycles. The van der Waals surface area contributed by atoms with Crippen LogP contribution in [0.4, 0.5) is 0 Å². The summed E-state index contributed by atoms with van der Waals surface area (Å²) in [6.07, 6.45) is 0.733. The second-order valence-electron chi connectivity index (χ2n) is 10.3. The van der Waals surface area contributed by atoms with Gasteiger partial charge in [-0.3, -0.25) is 9.59 Å². The fourth-order valence-electron chi connectivity index (χ4n) is 5.85.